The monoisotopic (exact) mass is 528 g/mol. The van der Waals surface area contributed by atoms with Crippen LogP contribution < -0.4 is 15.2 Å². The van der Waals surface area contributed by atoms with E-state index in [-0.39, 0.29) is 29.9 Å². The molecule has 2 aromatic carbocycles. The Labute approximate surface area is 215 Å². The zero-order valence-corrected chi connectivity index (χ0v) is 20.8. The maximum atomic E-state index is 13.8. The van der Waals surface area contributed by atoms with Gasteiger partial charge in [0.1, 0.15) is 23.6 Å². The van der Waals surface area contributed by atoms with Crippen LogP contribution in [0.25, 0.3) is 5.69 Å². The molecule has 8 nitrogen and oxygen atoms in total. The van der Waals surface area contributed by atoms with Crippen LogP contribution in [-0.4, -0.2) is 57.7 Å². The molecule has 3 atom stereocenters. The summed E-state index contributed by atoms with van der Waals surface area (Å²) in [6, 6.07) is 12.4. The number of anilines is 1. The molecule has 2 aliphatic rings. The van der Waals surface area contributed by atoms with Crippen LogP contribution in [0.3, 0.4) is 0 Å². The molecule has 1 aliphatic heterocycles. The van der Waals surface area contributed by atoms with Gasteiger partial charge in [0, 0.05) is 47.9 Å². The Bertz CT molecular complexity index is 1300. The van der Waals surface area contributed by atoms with Gasteiger partial charge in [0.15, 0.2) is 5.75 Å². The van der Waals surface area contributed by atoms with Gasteiger partial charge in [-0.3, -0.25) is 4.79 Å². The molecule has 1 unspecified atom stereocenters. The third-order valence-electron chi connectivity index (χ3n) is 6.60. The Morgan fingerprint density at radius 3 is 2.43 bits per heavy atom. The third-order valence-corrected chi connectivity index (χ3v) is 8.12. The SMILES string of the molecule is O=C[C@@H]1C[C@H]1COc1c(N2CCN([S+]([O-])Cc3ccccc3)CC2)cnn(-c2cc(F)cc(F)c2)c1=O. The number of piperazine rings is 1. The summed E-state index contributed by atoms with van der Waals surface area (Å²) in [6.45, 7) is 2.15. The summed E-state index contributed by atoms with van der Waals surface area (Å²) in [5, 5.41) is 4.17. The number of benzene rings is 2. The van der Waals surface area contributed by atoms with E-state index in [9.17, 15) is 22.9 Å². The van der Waals surface area contributed by atoms with E-state index in [0.717, 1.165) is 28.7 Å². The Balaban J connectivity index is 1.35. The fourth-order valence-electron chi connectivity index (χ4n) is 4.40. The average molecular weight is 529 g/mol. The van der Waals surface area contributed by atoms with Gasteiger partial charge in [-0.15, -0.1) is 4.31 Å². The minimum absolute atomic E-state index is 0.00933. The first-order chi connectivity index (χ1) is 17.9. The summed E-state index contributed by atoms with van der Waals surface area (Å²) in [6.07, 6.45) is 3.02. The molecule has 1 saturated carbocycles. The van der Waals surface area contributed by atoms with Crippen LogP contribution in [0.4, 0.5) is 14.5 Å². The number of nitrogens with zero attached hydrogens (tertiary/aromatic N) is 4. The molecule has 194 valence electrons. The van der Waals surface area contributed by atoms with E-state index in [1.807, 2.05) is 39.5 Å². The van der Waals surface area contributed by atoms with Gasteiger partial charge in [0.2, 0.25) is 5.75 Å². The van der Waals surface area contributed by atoms with Crippen molar-refractivity contribution in [1.29, 1.82) is 0 Å². The minimum atomic E-state index is -1.19. The van der Waals surface area contributed by atoms with Crippen LogP contribution in [0.15, 0.2) is 59.5 Å². The molecule has 1 aliphatic carbocycles. The summed E-state index contributed by atoms with van der Waals surface area (Å²) in [5.41, 5.74) is 0.738. The van der Waals surface area contributed by atoms with Crippen molar-refractivity contribution in [2.24, 2.45) is 11.8 Å². The first-order valence-corrected chi connectivity index (χ1v) is 13.3. The molecule has 1 saturated heterocycles. The molecular weight excluding hydrogens is 502 g/mol. The molecule has 1 aromatic heterocycles. The molecular formula is C26H26F2N4O4S. The molecule has 5 rings (SSSR count). The predicted molar refractivity (Wildman–Crippen MR) is 135 cm³/mol. The molecule has 2 heterocycles. The first-order valence-electron chi connectivity index (χ1n) is 12.0. The van der Waals surface area contributed by atoms with Gasteiger partial charge >= 0.3 is 5.56 Å². The molecule has 11 heteroatoms. The number of halogens is 2. The Morgan fingerprint density at radius 2 is 1.78 bits per heavy atom. The number of aldehydes is 1. The van der Waals surface area contributed by atoms with Gasteiger partial charge in [-0.2, -0.15) is 9.78 Å². The van der Waals surface area contributed by atoms with E-state index in [1.54, 1.807) is 0 Å². The molecule has 3 aromatic rings. The second kappa shape index (κ2) is 11.0. The van der Waals surface area contributed by atoms with Crippen molar-refractivity contribution in [2.45, 2.75) is 12.2 Å². The van der Waals surface area contributed by atoms with Crippen molar-refractivity contribution < 1.29 is 22.9 Å². The van der Waals surface area contributed by atoms with Crippen molar-refractivity contribution in [1.82, 2.24) is 14.1 Å². The van der Waals surface area contributed by atoms with Crippen LogP contribution in [-0.2, 0) is 21.9 Å². The number of hydrogen-bond acceptors (Lipinski definition) is 7. The summed E-state index contributed by atoms with van der Waals surface area (Å²) in [5.74, 6) is -1.29. The lowest BCUT2D eigenvalue weighted by Gasteiger charge is -2.36. The lowest BCUT2D eigenvalue weighted by molar-refractivity contribution is -0.109. The summed E-state index contributed by atoms with van der Waals surface area (Å²) >= 11 is -1.19. The van der Waals surface area contributed by atoms with Gasteiger partial charge in [-0.1, -0.05) is 30.3 Å². The summed E-state index contributed by atoms with van der Waals surface area (Å²) in [7, 11) is 0. The lowest BCUT2D eigenvalue weighted by Crippen LogP contribution is -2.49. The lowest BCUT2D eigenvalue weighted by atomic mass is 10.2. The van der Waals surface area contributed by atoms with Crippen molar-refractivity contribution in [2.75, 3.05) is 37.7 Å². The fourth-order valence-corrected chi connectivity index (χ4v) is 5.63. The minimum Gasteiger partial charge on any atom is -0.598 e. The van der Waals surface area contributed by atoms with E-state index in [2.05, 4.69) is 5.10 Å². The fraction of sp³-hybridized carbons (Fsp3) is 0.346. The Kier molecular flexibility index (Phi) is 7.54. The van der Waals surface area contributed by atoms with Crippen LogP contribution in [0.5, 0.6) is 5.75 Å². The number of carbonyl (C=O) groups is 1. The number of aromatic nitrogens is 2. The largest absolute Gasteiger partial charge is 0.598 e. The van der Waals surface area contributed by atoms with Crippen molar-refractivity contribution in [3.8, 4) is 11.4 Å². The van der Waals surface area contributed by atoms with Crippen LogP contribution >= 0.6 is 0 Å². The molecule has 0 amide bonds. The second-order valence-corrected chi connectivity index (χ2v) is 10.6. The van der Waals surface area contributed by atoms with Crippen molar-refractivity contribution >= 4 is 23.3 Å². The maximum absolute atomic E-state index is 13.8. The quantitative estimate of drug-likeness (QED) is 0.312. The van der Waals surface area contributed by atoms with Gasteiger partial charge in [0.05, 0.1) is 31.6 Å². The number of hydrogen-bond donors (Lipinski definition) is 0. The number of ether oxygens (including phenoxy) is 1. The first kappa shape index (κ1) is 25.4. The van der Waals surface area contributed by atoms with E-state index >= 15 is 0 Å². The van der Waals surface area contributed by atoms with Crippen molar-refractivity contribution in [3.05, 3.63) is 82.3 Å². The highest BCUT2D eigenvalue weighted by molar-refractivity contribution is 7.88. The van der Waals surface area contributed by atoms with Gasteiger partial charge in [-0.05, 0) is 18.6 Å². The highest BCUT2D eigenvalue weighted by atomic mass is 32.2. The Morgan fingerprint density at radius 1 is 1.08 bits per heavy atom. The summed E-state index contributed by atoms with van der Waals surface area (Å²) < 4.78 is 49.2. The highest BCUT2D eigenvalue weighted by Gasteiger charge is 2.38. The molecule has 0 N–H and O–H groups in total. The van der Waals surface area contributed by atoms with E-state index < -0.39 is 28.6 Å². The van der Waals surface area contributed by atoms with Crippen LogP contribution in [0.1, 0.15) is 12.0 Å². The van der Waals surface area contributed by atoms with Gasteiger partial charge < -0.3 is 19.0 Å². The van der Waals surface area contributed by atoms with Crippen LogP contribution in [0.2, 0.25) is 0 Å². The van der Waals surface area contributed by atoms with Crippen molar-refractivity contribution in [3.63, 3.8) is 0 Å². The topological polar surface area (TPSA) is 90.7 Å². The third kappa shape index (κ3) is 5.84. The molecule has 0 bridgehead atoms. The zero-order valence-electron chi connectivity index (χ0n) is 20.0. The van der Waals surface area contributed by atoms with Gasteiger partial charge in [0.25, 0.3) is 0 Å². The van der Waals surface area contributed by atoms with Crippen LogP contribution in [0, 0.1) is 23.5 Å². The average Bonchev–Trinajstić information content (AvgIpc) is 3.66. The molecule has 0 spiro atoms. The smallest absolute Gasteiger partial charge is 0.316 e. The van der Waals surface area contributed by atoms with Gasteiger partial charge in [-0.25, -0.2) is 8.78 Å². The summed E-state index contributed by atoms with van der Waals surface area (Å²) in [4.78, 5) is 26.4. The number of carbonyl (C=O) groups excluding carboxylic acids is 1. The van der Waals surface area contributed by atoms with E-state index in [1.165, 1.54) is 6.20 Å². The van der Waals surface area contributed by atoms with E-state index in [4.69, 9.17) is 4.74 Å². The standard InChI is InChI=1S/C26H26F2N4O4S/c27-21-11-22(28)13-23(12-21)32-26(34)25(36-16-20-10-19(20)15-33)24(14-29-32)30-6-8-31(9-7-30)37(35)17-18-4-2-1-3-5-18/h1-5,11-15,19-20H,6-10,16-17H2/t19-,20-,37?/m0/s1. The zero-order chi connectivity index (χ0) is 25.9. The Hall–Kier alpha value is -3.28. The van der Waals surface area contributed by atoms with E-state index in [0.29, 0.717) is 50.1 Å². The normalized spacial score (nSPS) is 20.5. The maximum Gasteiger partial charge on any atom is 0.316 e. The molecule has 37 heavy (non-hydrogen) atoms. The second-order valence-electron chi connectivity index (χ2n) is 9.18. The number of rotatable bonds is 9. The molecule has 0 radical (unpaired) electrons. The predicted octanol–water partition coefficient (Wildman–Crippen LogP) is 2.71. The highest BCUT2D eigenvalue weighted by Crippen LogP contribution is 2.37. The molecule has 2 fully saturated rings.